The molecule has 0 bridgehead atoms. The third-order valence-electron chi connectivity index (χ3n) is 2.11. The van der Waals surface area contributed by atoms with Crippen LogP contribution in [-0.4, -0.2) is 19.0 Å². The van der Waals surface area contributed by atoms with E-state index in [9.17, 15) is 17.6 Å². The molecule has 2 nitrogen and oxygen atoms in total. The van der Waals surface area contributed by atoms with Crippen LogP contribution < -0.4 is 0 Å². The zero-order valence-electron chi connectivity index (χ0n) is 8.01. The van der Waals surface area contributed by atoms with Crippen LogP contribution in [0.25, 0.3) is 0 Å². The van der Waals surface area contributed by atoms with Gasteiger partial charge in [-0.15, -0.1) is 0 Å². The Morgan fingerprint density at radius 2 is 2.00 bits per heavy atom. The highest BCUT2D eigenvalue weighted by Gasteiger charge is 2.32. The highest BCUT2D eigenvalue weighted by atomic mass is 19.4. The SMILES string of the molecule is Fc1ccc(C(F)(F)F)cc1C1=NCCO1. The Morgan fingerprint density at radius 1 is 1.25 bits per heavy atom. The first-order chi connectivity index (χ1) is 7.48. The maximum Gasteiger partial charge on any atom is 0.416 e. The van der Waals surface area contributed by atoms with Gasteiger partial charge in [0.1, 0.15) is 12.4 Å². The molecular formula is C10H7F4NO. The second kappa shape index (κ2) is 3.77. The van der Waals surface area contributed by atoms with Gasteiger partial charge in [-0.1, -0.05) is 0 Å². The number of alkyl halides is 3. The predicted molar refractivity (Wildman–Crippen MR) is 48.8 cm³/mol. The minimum absolute atomic E-state index is 0.0661. The molecular weight excluding hydrogens is 226 g/mol. The molecule has 6 heteroatoms. The van der Waals surface area contributed by atoms with Crippen LogP contribution in [0.15, 0.2) is 23.2 Å². The van der Waals surface area contributed by atoms with Gasteiger partial charge < -0.3 is 4.74 Å². The van der Waals surface area contributed by atoms with Gasteiger partial charge in [-0.3, -0.25) is 0 Å². The van der Waals surface area contributed by atoms with Crippen LogP contribution in [0.2, 0.25) is 0 Å². The summed E-state index contributed by atoms with van der Waals surface area (Å²) < 4.78 is 55.4. The van der Waals surface area contributed by atoms with Crippen molar-refractivity contribution < 1.29 is 22.3 Å². The average Bonchev–Trinajstić information content (AvgIpc) is 2.69. The monoisotopic (exact) mass is 233 g/mol. The smallest absolute Gasteiger partial charge is 0.416 e. The summed E-state index contributed by atoms with van der Waals surface area (Å²) >= 11 is 0. The summed E-state index contributed by atoms with van der Waals surface area (Å²) in [6.07, 6.45) is -4.50. The molecule has 16 heavy (non-hydrogen) atoms. The van der Waals surface area contributed by atoms with Crippen molar-refractivity contribution in [3.05, 3.63) is 35.1 Å². The lowest BCUT2D eigenvalue weighted by Gasteiger charge is -2.09. The van der Waals surface area contributed by atoms with E-state index >= 15 is 0 Å². The van der Waals surface area contributed by atoms with E-state index in [1.807, 2.05) is 0 Å². The van der Waals surface area contributed by atoms with Gasteiger partial charge in [0.2, 0.25) is 5.90 Å². The molecule has 1 heterocycles. The first-order valence-electron chi connectivity index (χ1n) is 4.53. The van der Waals surface area contributed by atoms with Crippen molar-refractivity contribution in [2.24, 2.45) is 4.99 Å². The fourth-order valence-corrected chi connectivity index (χ4v) is 1.36. The summed E-state index contributed by atoms with van der Waals surface area (Å²) in [4.78, 5) is 3.78. The van der Waals surface area contributed by atoms with E-state index in [-0.39, 0.29) is 18.1 Å². The van der Waals surface area contributed by atoms with Crippen molar-refractivity contribution in [1.82, 2.24) is 0 Å². The number of hydrogen-bond donors (Lipinski definition) is 0. The number of aliphatic imine (C=N–C) groups is 1. The maximum atomic E-state index is 13.3. The minimum Gasteiger partial charge on any atom is -0.475 e. The van der Waals surface area contributed by atoms with Gasteiger partial charge >= 0.3 is 6.18 Å². The summed E-state index contributed by atoms with van der Waals surface area (Å²) in [5.74, 6) is -0.836. The molecule has 0 saturated heterocycles. The number of ether oxygens (including phenoxy) is 1. The van der Waals surface area contributed by atoms with Crippen molar-refractivity contribution >= 4 is 5.90 Å². The van der Waals surface area contributed by atoms with Gasteiger partial charge in [-0.05, 0) is 18.2 Å². The second-order valence-corrected chi connectivity index (χ2v) is 3.23. The van der Waals surface area contributed by atoms with Crippen LogP contribution in [0.3, 0.4) is 0 Å². The van der Waals surface area contributed by atoms with Gasteiger partial charge in [-0.2, -0.15) is 13.2 Å². The van der Waals surface area contributed by atoms with Crippen molar-refractivity contribution in [3.63, 3.8) is 0 Å². The van der Waals surface area contributed by atoms with Crippen LogP contribution in [0, 0.1) is 5.82 Å². The van der Waals surface area contributed by atoms with E-state index in [4.69, 9.17) is 4.74 Å². The number of benzene rings is 1. The van der Waals surface area contributed by atoms with Crippen molar-refractivity contribution in [2.45, 2.75) is 6.18 Å². The largest absolute Gasteiger partial charge is 0.475 e. The van der Waals surface area contributed by atoms with Gasteiger partial charge in [0.25, 0.3) is 0 Å². The molecule has 0 atom stereocenters. The van der Waals surface area contributed by atoms with E-state index in [0.29, 0.717) is 18.7 Å². The summed E-state index contributed by atoms with van der Waals surface area (Å²) in [5.41, 5.74) is -1.16. The second-order valence-electron chi connectivity index (χ2n) is 3.23. The molecule has 0 fully saturated rings. The topological polar surface area (TPSA) is 21.6 Å². The number of rotatable bonds is 1. The predicted octanol–water partition coefficient (Wildman–Crippen LogP) is 2.62. The number of halogens is 4. The average molecular weight is 233 g/mol. The Balaban J connectivity index is 2.44. The Bertz CT molecular complexity index is 439. The normalized spacial score (nSPS) is 15.9. The van der Waals surface area contributed by atoms with E-state index in [1.54, 1.807) is 0 Å². The van der Waals surface area contributed by atoms with Gasteiger partial charge in [0.15, 0.2) is 0 Å². The minimum atomic E-state index is -4.50. The summed E-state index contributed by atoms with van der Waals surface area (Å²) in [7, 11) is 0. The fraction of sp³-hybridized carbons (Fsp3) is 0.300. The Morgan fingerprint density at radius 3 is 2.56 bits per heavy atom. The molecule has 1 aromatic rings. The molecule has 0 aliphatic carbocycles. The standard InChI is InChI=1S/C10H7F4NO/c11-8-2-1-6(10(12,13)14)5-7(8)9-15-3-4-16-9/h1-2,5H,3-4H2. The molecule has 0 amide bonds. The maximum absolute atomic E-state index is 13.3. The summed E-state index contributed by atoms with van der Waals surface area (Å²) in [6.45, 7) is 0.607. The molecule has 2 rings (SSSR count). The highest BCUT2D eigenvalue weighted by Crippen LogP contribution is 2.30. The third kappa shape index (κ3) is 2.00. The van der Waals surface area contributed by atoms with Gasteiger partial charge in [0.05, 0.1) is 17.7 Å². The van der Waals surface area contributed by atoms with Crippen LogP contribution in [0.4, 0.5) is 17.6 Å². The molecule has 1 aliphatic heterocycles. The van der Waals surface area contributed by atoms with Crippen molar-refractivity contribution in [3.8, 4) is 0 Å². The van der Waals surface area contributed by atoms with Crippen molar-refractivity contribution in [1.29, 1.82) is 0 Å². The fourth-order valence-electron chi connectivity index (χ4n) is 1.36. The number of nitrogens with zero attached hydrogens (tertiary/aromatic N) is 1. The molecule has 0 N–H and O–H groups in total. The molecule has 0 radical (unpaired) electrons. The highest BCUT2D eigenvalue weighted by molar-refractivity contribution is 5.95. The molecule has 1 aromatic carbocycles. The zero-order valence-corrected chi connectivity index (χ0v) is 8.01. The zero-order chi connectivity index (χ0) is 11.8. The summed E-state index contributed by atoms with van der Waals surface area (Å²) in [5, 5.41) is 0. The molecule has 0 spiro atoms. The Kier molecular flexibility index (Phi) is 2.57. The quantitative estimate of drug-likeness (QED) is 0.683. The van der Waals surface area contributed by atoms with Crippen LogP contribution in [-0.2, 0) is 10.9 Å². The lowest BCUT2D eigenvalue weighted by Crippen LogP contribution is -2.10. The van der Waals surface area contributed by atoms with Crippen LogP contribution in [0.5, 0.6) is 0 Å². The van der Waals surface area contributed by atoms with Crippen LogP contribution in [0.1, 0.15) is 11.1 Å². The first-order valence-corrected chi connectivity index (χ1v) is 4.53. The Hall–Kier alpha value is -1.59. The van der Waals surface area contributed by atoms with E-state index in [0.717, 1.165) is 6.07 Å². The molecule has 86 valence electrons. The van der Waals surface area contributed by atoms with Gasteiger partial charge in [-0.25, -0.2) is 9.38 Å². The van der Waals surface area contributed by atoms with E-state index < -0.39 is 17.6 Å². The molecule has 0 aromatic heterocycles. The first kappa shape index (κ1) is 10.9. The van der Waals surface area contributed by atoms with E-state index in [1.165, 1.54) is 0 Å². The lowest BCUT2D eigenvalue weighted by molar-refractivity contribution is -0.137. The lowest BCUT2D eigenvalue weighted by atomic mass is 10.1. The van der Waals surface area contributed by atoms with Gasteiger partial charge in [0, 0.05) is 0 Å². The molecule has 0 saturated carbocycles. The Labute approximate surface area is 88.6 Å². The molecule has 0 unspecified atom stereocenters. The third-order valence-corrected chi connectivity index (χ3v) is 2.11. The van der Waals surface area contributed by atoms with Crippen molar-refractivity contribution in [2.75, 3.05) is 13.2 Å². The van der Waals surface area contributed by atoms with Crippen LogP contribution >= 0.6 is 0 Å². The van der Waals surface area contributed by atoms with E-state index in [2.05, 4.69) is 4.99 Å². The number of hydrogen-bond acceptors (Lipinski definition) is 2. The molecule has 1 aliphatic rings. The summed E-state index contributed by atoms with van der Waals surface area (Å²) in [6, 6.07) is 2.16.